The number of ether oxygens (including phenoxy) is 1. The minimum absolute atomic E-state index is 0.0510. The van der Waals surface area contributed by atoms with Gasteiger partial charge in [-0.15, -0.1) is 0 Å². The molecule has 1 aliphatic rings. The lowest BCUT2D eigenvalue weighted by Crippen LogP contribution is -2.38. The number of hydrogen-bond donors (Lipinski definition) is 1. The molecular formula is C14H14Cl4N2O3. The van der Waals surface area contributed by atoms with Crippen LogP contribution in [0, 0.1) is 0 Å². The number of aromatic nitrogens is 1. The molecule has 1 amide bonds. The number of nitrogens with zero attached hydrogens (tertiary/aromatic N) is 1. The molecule has 126 valence electrons. The van der Waals surface area contributed by atoms with Crippen LogP contribution in [0.3, 0.4) is 0 Å². The fourth-order valence-corrected chi connectivity index (χ4v) is 3.14. The second-order valence-corrected chi connectivity index (χ2v) is 6.66. The minimum atomic E-state index is -0.894. The molecular weight excluding hydrogens is 386 g/mol. The van der Waals surface area contributed by atoms with Crippen LogP contribution in [0.2, 0.25) is 20.2 Å². The summed E-state index contributed by atoms with van der Waals surface area (Å²) in [6, 6.07) is 0.135. The first kappa shape index (κ1) is 18.6. The quantitative estimate of drug-likeness (QED) is 0.605. The lowest BCUT2D eigenvalue weighted by molar-refractivity contribution is -0.125. The van der Waals surface area contributed by atoms with E-state index in [1.165, 1.54) is 6.42 Å². The summed E-state index contributed by atoms with van der Waals surface area (Å²) in [6.45, 7) is -0.425. The zero-order valence-electron chi connectivity index (χ0n) is 12.0. The number of halogens is 4. The number of rotatable bonds is 4. The SMILES string of the molecule is O=C(COC(=O)c1nc(Cl)c(Cl)c(Cl)c1Cl)NC1CCCCC1. The summed E-state index contributed by atoms with van der Waals surface area (Å²) >= 11 is 23.3. The van der Waals surface area contributed by atoms with Crippen molar-refractivity contribution >= 4 is 58.3 Å². The summed E-state index contributed by atoms with van der Waals surface area (Å²) in [5, 5.41) is 2.35. The standard InChI is InChI=1S/C14H14Cl4N2O3/c15-9-10(16)12(20-13(18)11(9)17)14(22)23-6-8(21)19-7-4-2-1-3-5-7/h7H,1-6H2,(H,19,21). The van der Waals surface area contributed by atoms with Crippen LogP contribution < -0.4 is 5.32 Å². The number of carbonyl (C=O) groups is 2. The number of carbonyl (C=O) groups excluding carboxylic acids is 2. The van der Waals surface area contributed by atoms with Crippen molar-refractivity contribution in [2.45, 2.75) is 38.1 Å². The summed E-state index contributed by atoms with van der Waals surface area (Å²) < 4.78 is 4.90. The summed E-state index contributed by atoms with van der Waals surface area (Å²) in [5.41, 5.74) is -0.281. The fourth-order valence-electron chi connectivity index (χ4n) is 2.34. The third-order valence-corrected chi connectivity index (χ3v) is 5.16. The van der Waals surface area contributed by atoms with Crippen molar-refractivity contribution < 1.29 is 14.3 Å². The molecule has 5 nitrogen and oxygen atoms in total. The molecule has 9 heteroatoms. The van der Waals surface area contributed by atoms with E-state index in [0.29, 0.717) is 0 Å². The van der Waals surface area contributed by atoms with Crippen LogP contribution in [-0.4, -0.2) is 29.5 Å². The van der Waals surface area contributed by atoms with Crippen molar-refractivity contribution in [2.75, 3.05) is 6.61 Å². The molecule has 1 aromatic heterocycles. The summed E-state index contributed by atoms with van der Waals surface area (Å²) in [7, 11) is 0. The maximum atomic E-state index is 12.0. The van der Waals surface area contributed by atoms with E-state index in [0.717, 1.165) is 25.7 Å². The predicted molar refractivity (Wildman–Crippen MR) is 89.6 cm³/mol. The number of amides is 1. The monoisotopic (exact) mass is 398 g/mol. The second-order valence-electron chi connectivity index (χ2n) is 5.17. The van der Waals surface area contributed by atoms with Crippen molar-refractivity contribution in [1.82, 2.24) is 10.3 Å². The Kier molecular flexibility index (Phi) is 6.77. The Morgan fingerprint density at radius 3 is 2.35 bits per heavy atom. The van der Waals surface area contributed by atoms with Gasteiger partial charge in [-0.1, -0.05) is 65.7 Å². The van der Waals surface area contributed by atoms with Crippen molar-refractivity contribution in [2.24, 2.45) is 0 Å². The van der Waals surface area contributed by atoms with Gasteiger partial charge in [0.2, 0.25) is 0 Å². The molecule has 0 atom stereocenters. The zero-order valence-corrected chi connectivity index (χ0v) is 15.0. The van der Waals surface area contributed by atoms with Crippen molar-refractivity contribution in [3.05, 3.63) is 25.9 Å². The smallest absolute Gasteiger partial charge is 0.359 e. The van der Waals surface area contributed by atoms with Gasteiger partial charge >= 0.3 is 5.97 Å². The van der Waals surface area contributed by atoms with Gasteiger partial charge in [-0.2, -0.15) is 0 Å². The number of esters is 1. The number of pyridine rings is 1. The van der Waals surface area contributed by atoms with Gasteiger partial charge in [0.25, 0.3) is 5.91 Å². The van der Waals surface area contributed by atoms with Crippen molar-refractivity contribution in [3.63, 3.8) is 0 Å². The van der Waals surface area contributed by atoms with Crippen LogP contribution in [0.4, 0.5) is 0 Å². The summed E-state index contributed by atoms with van der Waals surface area (Å²) in [5.74, 6) is -1.26. The van der Waals surface area contributed by atoms with Gasteiger partial charge in [-0.3, -0.25) is 4.79 Å². The molecule has 1 aliphatic carbocycles. The van der Waals surface area contributed by atoms with Gasteiger partial charge in [0, 0.05) is 6.04 Å². The van der Waals surface area contributed by atoms with Crippen molar-refractivity contribution in [1.29, 1.82) is 0 Å². The van der Waals surface area contributed by atoms with E-state index >= 15 is 0 Å². The Morgan fingerprint density at radius 1 is 1.04 bits per heavy atom. The summed E-state index contributed by atoms with van der Waals surface area (Å²) in [4.78, 5) is 27.5. The largest absolute Gasteiger partial charge is 0.451 e. The Labute approximate surface area is 153 Å². The molecule has 1 heterocycles. The molecule has 0 saturated heterocycles. The predicted octanol–water partition coefficient (Wildman–Crippen LogP) is 4.30. The van der Waals surface area contributed by atoms with Gasteiger partial charge < -0.3 is 10.1 Å². The van der Waals surface area contributed by atoms with Gasteiger partial charge in [-0.25, -0.2) is 9.78 Å². The van der Waals surface area contributed by atoms with Gasteiger partial charge in [-0.05, 0) is 12.8 Å². The second kappa shape index (κ2) is 8.38. The minimum Gasteiger partial charge on any atom is -0.451 e. The van der Waals surface area contributed by atoms with E-state index in [1.54, 1.807) is 0 Å². The maximum Gasteiger partial charge on any atom is 0.359 e. The summed E-state index contributed by atoms with van der Waals surface area (Å²) in [6.07, 6.45) is 5.24. The van der Waals surface area contributed by atoms with E-state index in [1.807, 2.05) is 0 Å². The average molecular weight is 400 g/mol. The Hall–Kier alpha value is -0.750. The van der Waals surface area contributed by atoms with Crippen LogP contribution >= 0.6 is 46.4 Å². The molecule has 1 N–H and O–H groups in total. The highest BCUT2D eigenvalue weighted by Gasteiger charge is 2.23. The molecule has 1 fully saturated rings. The molecule has 1 aromatic rings. The van der Waals surface area contributed by atoms with Gasteiger partial charge in [0.05, 0.1) is 15.1 Å². The molecule has 0 aliphatic heterocycles. The molecule has 0 spiro atoms. The first-order valence-electron chi connectivity index (χ1n) is 7.06. The van der Waals surface area contributed by atoms with Gasteiger partial charge in [0.15, 0.2) is 12.3 Å². The van der Waals surface area contributed by atoms with E-state index < -0.39 is 12.6 Å². The topological polar surface area (TPSA) is 68.3 Å². The molecule has 2 rings (SSSR count). The Balaban J connectivity index is 1.93. The average Bonchev–Trinajstić information content (AvgIpc) is 2.55. The van der Waals surface area contributed by atoms with E-state index in [-0.39, 0.29) is 37.9 Å². The molecule has 23 heavy (non-hydrogen) atoms. The highest BCUT2D eigenvalue weighted by molar-refractivity contribution is 6.52. The maximum absolute atomic E-state index is 12.0. The highest BCUT2D eigenvalue weighted by Crippen LogP contribution is 2.36. The van der Waals surface area contributed by atoms with Crippen LogP contribution in [0.25, 0.3) is 0 Å². The van der Waals surface area contributed by atoms with Gasteiger partial charge in [0.1, 0.15) is 5.15 Å². The normalized spacial score (nSPS) is 15.3. The third kappa shape index (κ3) is 4.86. The highest BCUT2D eigenvalue weighted by atomic mass is 35.5. The Morgan fingerprint density at radius 2 is 1.70 bits per heavy atom. The number of hydrogen-bond acceptors (Lipinski definition) is 4. The molecule has 0 bridgehead atoms. The number of nitrogens with one attached hydrogen (secondary N) is 1. The molecule has 1 saturated carbocycles. The van der Waals surface area contributed by atoms with Crippen LogP contribution in [0.1, 0.15) is 42.6 Å². The van der Waals surface area contributed by atoms with E-state index in [2.05, 4.69) is 10.3 Å². The first-order valence-corrected chi connectivity index (χ1v) is 8.57. The third-order valence-electron chi connectivity index (χ3n) is 3.48. The molecule has 0 unspecified atom stereocenters. The fraction of sp³-hybridized carbons (Fsp3) is 0.500. The zero-order chi connectivity index (χ0) is 17.0. The van der Waals surface area contributed by atoms with Crippen molar-refractivity contribution in [3.8, 4) is 0 Å². The van der Waals surface area contributed by atoms with Crippen LogP contribution in [-0.2, 0) is 9.53 Å². The lowest BCUT2D eigenvalue weighted by atomic mass is 9.95. The lowest BCUT2D eigenvalue weighted by Gasteiger charge is -2.22. The Bertz CT molecular complexity index is 619. The van der Waals surface area contributed by atoms with Crippen LogP contribution in [0.5, 0.6) is 0 Å². The molecule has 0 aromatic carbocycles. The van der Waals surface area contributed by atoms with E-state index in [9.17, 15) is 9.59 Å². The van der Waals surface area contributed by atoms with Crippen LogP contribution in [0.15, 0.2) is 0 Å². The van der Waals surface area contributed by atoms with E-state index in [4.69, 9.17) is 51.1 Å². The first-order chi connectivity index (χ1) is 10.9. The molecule has 0 radical (unpaired) electrons.